The van der Waals surface area contributed by atoms with Gasteiger partial charge in [-0.2, -0.15) is 0 Å². The third-order valence-electron chi connectivity index (χ3n) is 3.25. The number of nitrogens with one attached hydrogen (secondary N) is 1. The lowest BCUT2D eigenvalue weighted by Gasteiger charge is -2.20. The van der Waals surface area contributed by atoms with Crippen molar-refractivity contribution in [2.24, 2.45) is 5.92 Å². The molecular formula is C13H27NO2S. The van der Waals surface area contributed by atoms with Crippen molar-refractivity contribution < 1.29 is 8.42 Å². The van der Waals surface area contributed by atoms with Crippen molar-refractivity contribution >= 4 is 9.84 Å². The SMILES string of the molecule is CC(C)(C)NCCCS(=O)(=O)CC1CCCC1. The molecule has 1 fully saturated rings. The normalized spacial score (nSPS) is 18.8. The number of sulfone groups is 1. The average molecular weight is 261 g/mol. The molecule has 1 aliphatic carbocycles. The second-order valence-corrected chi connectivity index (χ2v) is 8.52. The first kappa shape index (κ1) is 15.0. The maximum atomic E-state index is 11.9. The molecule has 0 radical (unpaired) electrons. The summed E-state index contributed by atoms with van der Waals surface area (Å²) in [5, 5.41) is 3.32. The Bertz CT molecular complexity index is 311. The molecule has 0 spiro atoms. The molecular weight excluding hydrogens is 234 g/mol. The third-order valence-corrected chi connectivity index (χ3v) is 5.14. The molecule has 1 rings (SSSR count). The highest BCUT2D eigenvalue weighted by Gasteiger charge is 2.22. The standard InChI is InChI=1S/C13H27NO2S/c1-13(2,3)14-9-6-10-17(15,16)11-12-7-4-5-8-12/h12,14H,4-11H2,1-3H3. The van der Waals surface area contributed by atoms with E-state index in [4.69, 9.17) is 0 Å². The topological polar surface area (TPSA) is 46.2 Å². The van der Waals surface area contributed by atoms with E-state index in [9.17, 15) is 8.42 Å². The fourth-order valence-electron chi connectivity index (χ4n) is 2.37. The van der Waals surface area contributed by atoms with E-state index in [0.717, 1.165) is 25.8 Å². The van der Waals surface area contributed by atoms with E-state index in [-0.39, 0.29) is 5.54 Å². The summed E-state index contributed by atoms with van der Waals surface area (Å²) in [6.45, 7) is 7.08. The first-order valence-electron chi connectivity index (χ1n) is 6.74. The van der Waals surface area contributed by atoms with E-state index in [1.165, 1.54) is 12.8 Å². The van der Waals surface area contributed by atoms with Gasteiger partial charge in [0.1, 0.15) is 0 Å². The second kappa shape index (κ2) is 6.19. The highest BCUT2D eigenvalue weighted by Crippen LogP contribution is 2.26. The van der Waals surface area contributed by atoms with Gasteiger partial charge in [0.15, 0.2) is 9.84 Å². The molecule has 0 saturated heterocycles. The van der Waals surface area contributed by atoms with E-state index in [1.54, 1.807) is 0 Å². The molecule has 1 saturated carbocycles. The van der Waals surface area contributed by atoms with Gasteiger partial charge in [-0.25, -0.2) is 8.42 Å². The van der Waals surface area contributed by atoms with Crippen LogP contribution in [0.2, 0.25) is 0 Å². The largest absolute Gasteiger partial charge is 0.312 e. The molecule has 1 N–H and O–H groups in total. The molecule has 0 aromatic rings. The average Bonchev–Trinajstić information content (AvgIpc) is 2.63. The zero-order valence-electron chi connectivity index (χ0n) is 11.5. The van der Waals surface area contributed by atoms with Crippen LogP contribution in [0.1, 0.15) is 52.9 Å². The Morgan fingerprint density at radius 1 is 1.18 bits per heavy atom. The van der Waals surface area contributed by atoms with E-state index >= 15 is 0 Å². The zero-order chi connectivity index (χ0) is 12.9. The van der Waals surface area contributed by atoms with E-state index in [0.29, 0.717) is 17.4 Å². The van der Waals surface area contributed by atoms with Crippen LogP contribution >= 0.6 is 0 Å². The third kappa shape index (κ3) is 7.04. The van der Waals surface area contributed by atoms with Gasteiger partial charge in [0, 0.05) is 5.54 Å². The molecule has 1 aliphatic rings. The number of hydrogen-bond acceptors (Lipinski definition) is 3. The van der Waals surface area contributed by atoms with Gasteiger partial charge in [-0.15, -0.1) is 0 Å². The monoisotopic (exact) mass is 261 g/mol. The highest BCUT2D eigenvalue weighted by atomic mass is 32.2. The number of rotatable bonds is 6. The Kier molecular flexibility index (Phi) is 5.45. The van der Waals surface area contributed by atoms with Crippen LogP contribution in [0, 0.1) is 5.92 Å². The lowest BCUT2D eigenvalue weighted by atomic mass is 10.1. The first-order chi connectivity index (χ1) is 7.79. The molecule has 3 nitrogen and oxygen atoms in total. The Labute approximate surface area is 106 Å². The summed E-state index contributed by atoms with van der Waals surface area (Å²) in [5.41, 5.74) is 0.0786. The van der Waals surface area contributed by atoms with Crippen molar-refractivity contribution in [3.05, 3.63) is 0 Å². The summed E-state index contributed by atoms with van der Waals surface area (Å²) in [5.74, 6) is 1.20. The van der Waals surface area contributed by atoms with Crippen molar-refractivity contribution in [2.45, 2.75) is 58.4 Å². The van der Waals surface area contributed by atoms with Crippen molar-refractivity contribution in [3.63, 3.8) is 0 Å². The van der Waals surface area contributed by atoms with Crippen LogP contribution in [-0.2, 0) is 9.84 Å². The van der Waals surface area contributed by atoms with Gasteiger partial charge in [-0.05, 0) is 52.5 Å². The Morgan fingerprint density at radius 3 is 2.29 bits per heavy atom. The quantitative estimate of drug-likeness (QED) is 0.747. The molecule has 0 bridgehead atoms. The van der Waals surface area contributed by atoms with Crippen LogP contribution in [0.4, 0.5) is 0 Å². The van der Waals surface area contributed by atoms with Crippen molar-refractivity contribution in [2.75, 3.05) is 18.1 Å². The van der Waals surface area contributed by atoms with Crippen molar-refractivity contribution in [3.8, 4) is 0 Å². The lowest BCUT2D eigenvalue weighted by molar-refractivity contribution is 0.426. The van der Waals surface area contributed by atoms with Gasteiger partial charge < -0.3 is 5.32 Å². The van der Waals surface area contributed by atoms with Crippen LogP contribution in [0.15, 0.2) is 0 Å². The van der Waals surface area contributed by atoms with Gasteiger partial charge in [0.2, 0.25) is 0 Å². The van der Waals surface area contributed by atoms with Gasteiger partial charge in [-0.3, -0.25) is 0 Å². The second-order valence-electron chi connectivity index (χ2n) is 6.30. The molecule has 0 heterocycles. The van der Waals surface area contributed by atoms with E-state index in [1.807, 2.05) is 0 Å². The minimum atomic E-state index is -2.82. The fourth-order valence-corrected chi connectivity index (χ4v) is 4.18. The summed E-state index contributed by atoms with van der Waals surface area (Å²) in [7, 11) is -2.82. The Balaban J connectivity index is 2.20. The molecule has 0 aromatic carbocycles. The molecule has 0 aromatic heterocycles. The highest BCUT2D eigenvalue weighted by molar-refractivity contribution is 7.91. The minimum absolute atomic E-state index is 0.0786. The van der Waals surface area contributed by atoms with Crippen molar-refractivity contribution in [1.29, 1.82) is 0 Å². The minimum Gasteiger partial charge on any atom is -0.312 e. The molecule has 17 heavy (non-hydrogen) atoms. The van der Waals surface area contributed by atoms with Gasteiger partial charge in [-0.1, -0.05) is 12.8 Å². The predicted octanol–water partition coefficient (Wildman–Crippen LogP) is 2.37. The lowest BCUT2D eigenvalue weighted by Crippen LogP contribution is -2.37. The first-order valence-corrected chi connectivity index (χ1v) is 8.56. The number of hydrogen-bond donors (Lipinski definition) is 1. The summed E-state index contributed by atoms with van der Waals surface area (Å²) in [6.07, 6.45) is 5.38. The molecule has 0 unspecified atom stereocenters. The molecule has 0 amide bonds. The van der Waals surface area contributed by atoms with Crippen molar-refractivity contribution in [1.82, 2.24) is 5.32 Å². The molecule has 4 heteroatoms. The molecule has 102 valence electrons. The summed E-state index contributed by atoms with van der Waals surface area (Å²) < 4.78 is 23.8. The van der Waals surface area contributed by atoms with Crippen LogP contribution in [0.3, 0.4) is 0 Å². The predicted molar refractivity (Wildman–Crippen MR) is 73.0 cm³/mol. The summed E-state index contributed by atoms with van der Waals surface area (Å²) >= 11 is 0. The van der Waals surface area contributed by atoms with Crippen LogP contribution in [0.25, 0.3) is 0 Å². The van der Waals surface area contributed by atoms with Crippen LogP contribution < -0.4 is 5.32 Å². The smallest absolute Gasteiger partial charge is 0.150 e. The molecule has 0 aliphatic heterocycles. The fraction of sp³-hybridized carbons (Fsp3) is 1.00. The van der Waals surface area contributed by atoms with Crippen LogP contribution in [-0.4, -0.2) is 32.0 Å². The van der Waals surface area contributed by atoms with E-state index in [2.05, 4.69) is 26.1 Å². The molecule has 0 atom stereocenters. The summed E-state index contributed by atoms with van der Waals surface area (Å²) in [4.78, 5) is 0. The van der Waals surface area contributed by atoms with Gasteiger partial charge in [0.25, 0.3) is 0 Å². The maximum absolute atomic E-state index is 11.9. The van der Waals surface area contributed by atoms with Crippen LogP contribution in [0.5, 0.6) is 0 Å². The van der Waals surface area contributed by atoms with Gasteiger partial charge in [0.05, 0.1) is 11.5 Å². The van der Waals surface area contributed by atoms with E-state index < -0.39 is 9.84 Å². The zero-order valence-corrected chi connectivity index (χ0v) is 12.3. The Hall–Kier alpha value is -0.0900. The Morgan fingerprint density at radius 2 is 1.76 bits per heavy atom. The van der Waals surface area contributed by atoms with Gasteiger partial charge >= 0.3 is 0 Å². The maximum Gasteiger partial charge on any atom is 0.150 e. The summed E-state index contributed by atoms with van der Waals surface area (Å²) in [6, 6.07) is 0.